The van der Waals surface area contributed by atoms with Gasteiger partial charge >= 0.3 is 24.1 Å². The van der Waals surface area contributed by atoms with E-state index in [1.807, 2.05) is 0 Å². The number of thiazole rings is 1. The van der Waals surface area contributed by atoms with E-state index in [9.17, 15) is 38.4 Å². The molecule has 0 saturated heterocycles. The lowest BCUT2D eigenvalue weighted by molar-refractivity contribution is -0.130. The minimum atomic E-state index is -1.85. The van der Waals surface area contributed by atoms with Crippen LogP contribution in [0.5, 0.6) is 0 Å². The van der Waals surface area contributed by atoms with Crippen LogP contribution in [0.3, 0.4) is 0 Å². The van der Waals surface area contributed by atoms with Crippen molar-refractivity contribution in [2.45, 2.75) is 45.2 Å². The molecule has 1 aromatic heterocycles. The molecule has 248 valence electrons. The Balaban J connectivity index is 2.47. The fourth-order valence-electron chi connectivity index (χ4n) is 3.80. The van der Waals surface area contributed by atoms with Crippen molar-refractivity contribution in [2.75, 3.05) is 58.9 Å². The molecule has 2 rings (SSSR count). The topological polar surface area (TPSA) is 211 Å². The first-order valence-electron chi connectivity index (χ1n) is 14.1. The monoisotopic (exact) mass is 653 g/mol. The molecule has 1 saturated carbocycles. The Morgan fingerprint density at radius 3 is 2.22 bits per heavy atom. The fourth-order valence-corrected chi connectivity index (χ4v) is 4.45. The van der Waals surface area contributed by atoms with Crippen LogP contribution in [0.4, 0.5) is 24.3 Å². The Bertz CT molecular complexity index is 1240. The third kappa shape index (κ3) is 10.2. The van der Waals surface area contributed by atoms with E-state index in [2.05, 4.69) is 20.9 Å². The van der Waals surface area contributed by atoms with E-state index in [1.54, 1.807) is 13.8 Å². The van der Waals surface area contributed by atoms with Gasteiger partial charge < -0.3 is 30.5 Å². The summed E-state index contributed by atoms with van der Waals surface area (Å²) in [6.07, 6.45) is 1.76. The summed E-state index contributed by atoms with van der Waals surface area (Å²) >= 11 is 0.978. The zero-order valence-corrected chi connectivity index (χ0v) is 26.6. The molecular formula is C26H39N9O9S. The predicted octanol–water partition coefficient (Wildman–Crippen LogP) is 0.00940. The molecule has 1 heterocycles. The first-order valence-corrected chi connectivity index (χ1v) is 14.9. The molecule has 19 heteroatoms. The molecule has 0 aromatic carbocycles. The summed E-state index contributed by atoms with van der Waals surface area (Å²) in [6.45, 7) is 2.72. The molecule has 1 fully saturated rings. The normalized spacial score (nSPS) is 12.6. The summed E-state index contributed by atoms with van der Waals surface area (Å²) in [5, 5.41) is 8.84. The van der Waals surface area contributed by atoms with Gasteiger partial charge in [0.15, 0.2) is 0 Å². The highest BCUT2D eigenvalue weighted by molar-refractivity contribution is 7.14. The molecule has 0 bridgehead atoms. The number of amides is 12. The maximum absolute atomic E-state index is 13.8. The zero-order valence-electron chi connectivity index (χ0n) is 25.8. The minimum absolute atomic E-state index is 0.00671. The number of carbonyl (C=O) groups excluding carboxylic acids is 8. The number of aromatic nitrogens is 1. The molecule has 0 aliphatic heterocycles. The van der Waals surface area contributed by atoms with E-state index in [0.29, 0.717) is 17.7 Å². The van der Waals surface area contributed by atoms with Crippen LogP contribution in [0.2, 0.25) is 0 Å². The van der Waals surface area contributed by atoms with Gasteiger partial charge in [0.05, 0.1) is 19.6 Å². The highest BCUT2D eigenvalue weighted by atomic mass is 32.1. The van der Waals surface area contributed by atoms with Gasteiger partial charge in [0.25, 0.3) is 5.91 Å². The molecule has 0 radical (unpaired) electrons. The van der Waals surface area contributed by atoms with Gasteiger partial charge in [-0.05, 0) is 26.7 Å². The van der Waals surface area contributed by atoms with Crippen LogP contribution in [0.1, 0.15) is 33.1 Å². The van der Waals surface area contributed by atoms with Crippen molar-refractivity contribution in [3.8, 4) is 0 Å². The molecule has 1 unspecified atom stereocenters. The maximum Gasteiger partial charge on any atom is 0.343 e. The number of urea groups is 4. The summed E-state index contributed by atoms with van der Waals surface area (Å²) in [6, 6.07) is -6.88. The second-order valence-electron chi connectivity index (χ2n) is 9.81. The van der Waals surface area contributed by atoms with Gasteiger partial charge in [0.1, 0.15) is 6.04 Å². The molecule has 1 aliphatic carbocycles. The van der Waals surface area contributed by atoms with E-state index in [4.69, 9.17) is 4.74 Å². The van der Waals surface area contributed by atoms with Crippen molar-refractivity contribution in [1.82, 2.24) is 40.5 Å². The number of ether oxygens (including phenoxy) is 1. The van der Waals surface area contributed by atoms with Gasteiger partial charge in [-0.25, -0.2) is 34.0 Å². The van der Waals surface area contributed by atoms with Gasteiger partial charge in [-0.15, -0.1) is 11.3 Å². The Labute approximate surface area is 264 Å². The van der Waals surface area contributed by atoms with E-state index < -0.39 is 60.9 Å². The van der Waals surface area contributed by atoms with Gasteiger partial charge in [-0.2, -0.15) is 4.90 Å². The Hall–Kier alpha value is -4.65. The fraction of sp³-hybridized carbons (Fsp3) is 0.577. The van der Waals surface area contributed by atoms with Gasteiger partial charge in [0.2, 0.25) is 23.4 Å². The van der Waals surface area contributed by atoms with Crippen molar-refractivity contribution in [1.29, 1.82) is 0 Å². The largest absolute Gasteiger partial charge is 0.383 e. The number of hydrogen-bond acceptors (Lipinski definition) is 11. The van der Waals surface area contributed by atoms with E-state index in [0.717, 1.165) is 21.1 Å². The lowest BCUT2D eigenvalue weighted by Crippen LogP contribution is -2.62. The lowest BCUT2D eigenvalue weighted by atomic mass is 10.1. The molecule has 12 amide bonds. The molecule has 1 atom stereocenters. The molecule has 18 nitrogen and oxygen atoms in total. The number of carbonyl (C=O) groups is 8. The van der Waals surface area contributed by atoms with Crippen LogP contribution in [-0.2, 0) is 23.9 Å². The number of hydrogen-bond donors (Lipinski definition) is 3. The Kier molecular flexibility index (Phi) is 14.3. The summed E-state index contributed by atoms with van der Waals surface area (Å²) in [5.41, 5.74) is 0. The van der Waals surface area contributed by atoms with Crippen molar-refractivity contribution < 1.29 is 43.1 Å². The molecule has 0 spiro atoms. The zero-order chi connectivity index (χ0) is 33.7. The summed E-state index contributed by atoms with van der Waals surface area (Å²) in [5.74, 6) is -2.60. The second-order valence-corrected chi connectivity index (χ2v) is 10.7. The quantitative estimate of drug-likeness (QED) is 0.181. The van der Waals surface area contributed by atoms with Gasteiger partial charge in [0, 0.05) is 58.5 Å². The second kappa shape index (κ2) is 17.6. The van der Waals surface area contributed by atoms with Crippen molar-refractivity contribution in [3.63, 3.8) is 0 Å². The first kappa shape index (κ1) is 36.5. The first-order chi connectivity index (χ1) is 21.4. The predicted molar refractivity (Wildman–Crippen MR) is 160 cm³/mol. The van der Waals surface area contributed by atoms with Crippen molar-refractivity contribution >= 4 is 64.7 Å². The highest BCUT2D eigenvalue weighted by Gasteiger charge is 2.43. The SMILES string of the molecule is CCN(CC)C(=O)N(C=O)C(=O)N(C(=O)NCC(=O)N(C(=O)N(C)C)c1nccs1)C(CC(=O)NCCOC)C(=O)NC1CC1. The van der Waals surface area contributed by atoms with Crippen LogP contribution >= 0.6 is 11.3 Å². The molecular weight excluding hydrogens is 614 g/mol. The average molecular weight is 654 g/mol. The summed E-state index contributed by atoms with van der Waals surface area (Å²) < 4.78 is 4.90. The highest BCUT2D eigenvalue weighted by Crippen LogP contribution is 2.21. The van der Waals surface area contributed by atoms with Crippen LogP contribution in [0.15, 0.2) is 11.6 Å². The average Bonchev–Trinajstić information content (AvgIpc) is 3.66. The van der Waals surface area contributed by atoms with Crippen LogP contribution in [0.25, 0.3) is 0 Å². The molecule has 1 aromatic rings. The summed E-state index contributed by atoms with van der Waals surface area (Å²) in [4.78, 5) is 112. The third-order valence-corrected chi connectivity index (χ3v) is 7.10. The smallest absolute Gasteiger partial charge is 0.343 e. The number of nitrogens with zero attached hydrogens (tertiary/aromatic N) is 6. The Morgan fingerprint density at radius 1 is 1.04 bits per heavy atom. The number of imide groups is 5. The standard InChI is InChI=1S/C26H39N9O9S/c1-6-32(7-2)25(42)33(16-36)26(43)34(18(21(39)30-17-8-9-17)14-19(37)27-10-12-44-5)22(40)29-15-20(38)35(24(41)31(3)4)23-28-11-13-45-23/h11,13,16-18H,6-10,12,14-15H2,1-5H3,(H,27,37)(H,29,40)(H,30,39). The van der Waals surface area contributed by atoms with Gasteiger partial charge in [-0.3, -0.25) is 19.2 Å². The minimum Gasteiger partial charge on any atom is -0.383 e. The van der Waals surface area contributed by atoms with E-state index in [1.165, 1.54) is 32.8 Å². The maximum atomic E-state index is 13.8. The number of rotatable bonds is 14. The number of methoxy groups -OCH3 is 1. The third-order valence-electron chi connectivity index (χ3n) is 6.35. The van der Waals surface area contributed by atoms with Crippen LogP contribution in [-0.4, -0.2) is 139 Å². The molecule has 3 N–H and O–H groups in total. The van der Waals surface area contributed by atoms with Crippen molar-refractivity contribution in [2.24, 2.45) is 0 Å². The lowest BCUT2D eigenvalue weighted by Gasteiger charge is -2.32. The molecule has 1 aliphatic rings. The Morgan fingerprint density at radius 2 is 1.71 bits per heavy atom. The van der Waals surface area contributed by atoms with Crippen LogP contribution in [0, 0.1) is 0 Å². The van der Waals surface area contributed by atoms with Crippen molar-refractivity contribution in [3.05, 3.63) is 11.6 Å². The molecule has 45 heavy (non-hydrogen) atoms. The van der Waals surface area contributed by atoms with Crippen LogP contribution < -0.4 is 20.9 Å². The van der Waals surface area contributed by atoms with E-state index >= 15 is 0 Å². The van der Waals surface area contributed by atoms with E-state index in [-0.39, 0.29) is 53.6 Å². The van der Waals surface area contributed by atoms with Gasteiger partial charge in [-0.1, -0.05) is 0 Å². The number of anilines is 1. The summed E-state index contributed by atoms with van der Waals surface area (Å²) in [7, 11) is 4.21. The number of nitrogens with one attached hydrogen (secondary N) is 3.